The van der Waals surface area contributed by atoms with E-state index < -0.39 is 14.4 Å². The SMILES string of the molecule is CC(C)c1nc2c(c(C3=CCOCC3)c1[C@@H](O)c1ccc(C3(C)COC3)cc1)C(O[Si](C)(C)C(C)(C)C)CC(C)(C)C2. The van der Waals surface area contributed by atoms with Crippen molar-refractivity contribution in [2.45, 2.75) is 116 Å². The average molecular weight is 592 g/mol. The maximum atomic E-state index is 12.3. The molecule has 6 heteroatoms. The van der Waals surface area contributed by atoms with Gasteiger partial charge in [-0.15, -0.1) is 0 Å². The Kier molecular flexibility index (Phi) is 8.47. The van der Waals surface area contributed by atoms with Gasteiger partial charge in [-0.3, -0.25) is 4.98 Å². The quantitative estimate of drug-likeness (QED) is 0.328. The highest BCUT2D eigenvalue weighted by Crippen LogP contribution is 2.51. The van der Waals surface area contributed by atoms with Crippen LogP contribution < -0.4 is 0 Å². The van der Waals surface area contributed by atoms with E-state index in [4.69, 9.17) is 18.9 Å². The number of benzene rings is 1. The smallest absolute Gasteiger partial charge is 0.192 e. The molecule has 5 nitrogen and oxygen atoms in total. The van der Waals surface area contributed by atoms with Gasteiger partial charge < -0.3 is 19.0 Å². The van der Waals surface area contributed by atoms with E-state index in [9.17, 15) is 5.11 Å². The number of nitrogens with zero attached hydrogens (tertiary/aromatic N) is 1. The van der Waals surface area contributed by atoms with Gasteiger partial charge in [-0.2, -0.15) is 0 Å². The Labute approximate surface area is 255 Å². The monoisotopic (exact) mass is 591 g/mol. The van der Waals surface area contributed by atoms with Crippen molar-refractivity contribution in [3.05, 3.63) is 69.5 Å². The van der Waals surface area contributed by atoms with Gasteiger partial charge in [0.25, 0.3) is 0 Å². The molecule has 0 saturated carbocycles. The molecule has 2 atom stereocenters. The Balaban J connectivity index is 1.72. The Morgan fingerprint density at radius 1 is 1.05 bits per heavy atom. The third kappa shape index (κ3) is 5.95. The van der Waals surface area contributed by atoms with Gasteiger partial charge in [-0.25, -0.2) is 0 Å². The number of fused-ring (bicyclic) bond motifs is 1. The first-order chi connectivity index (χ1) is 19.5. The van der Waals surface area contributed by atoms with Crippen LogP contribution in [0.1, 0.15) is 126 Å². The van der Waals surface area contributed by atoms with Crippen molar-refractivity contribution in [2.24, 2.45) is 5.41 Å². The number of rotatable bonds is 7. The first-order valence-corrected chi connectivity index (χ1v) is 18.8. The van der Waals surface area contributed by atoms with Crippen molar-refractivity contribution < 1.29 is 19.0 Å². The third-order valence-corrected chi connectivity index (χ3v) is 14.7. The molecule has 1 fully saturated rings. The molecule has 230 valence electrons. The van der Waals surface area contributed by atoms with Crippen LogP contribution in [-0.4, -0.2) is 44.8 Å². The number of hydrogen-bond acceptors (Lipinski definition) is 5. The molecule has 0 amide bonds. The summed E-state index contributed by atoms with van der Waals surface area (Å²) in [5, 5.41) is 12.4. The topological polar surface area (TPSA) is 60.8 Å². The van der Waals surface area contributed by atoms with E-state index >= 15 is 0 Å². The first-order valence-electron chi connectivity index (χ1n) is 15.9. The number of aromatic nitrogens is 1. The molecule has 0 bridgehead atoms. The van der Waals surface area contributed by atoms with Gasteiger partial charge in [0, 0.05) is 27.9 Å². The molecule has 1 aromatic heterocycles. The molecular formula is C36H53NO4Si. The van der Waals surface area contributed by atoms with Crippen molar-refractivity contribution in [3.63, 3.8) is 0 Å². The number of aliphatic hydroxyl groups is 1. The van der Waals surface area contributed by atoms with Gasteiger partial charge >= 0.3 is 0 Å². The van der Waals surface area contributed by atoms with E-state index in [1.54, 1.807) is 0 Å². The minimum absolute atomic E-state index is 0.0547. The van der Waals surface area contributed by atoms with Crippen LogP contribution in [0, 0.1) is 5.41 Å². The predicted octanol–water partition coefficient (Wildman–Crippen LogP) is 8.41. The van der Waals surface area contributed by atoms with Crippen LogP contribution >= 0.6 is 0 Å². The summed E-state index contributed by atoms with van der Waals surface area (Å²) in [5.74, 6) is 0.161. The highest BCUT2D eigenvalue weighted by Gasteiger charge is 2.45. The lowest BCUT2D eigenvalue weighted by Gasteiger charge is -2.45. The second kappa shape index (κ2) is 11.3. The van der Waals surface area contributed by atoms with Gasteiger partial charge in [-0.1, -0.05) is 85.7 Å². The van der Waals surface area contributed by atoms with Crippen molar-refractivity contribution >= 4 is 13.9 Å². The summed E-state index contributed by atoms with van der Waals surface area (Å²) in [5.41, 5.74) is 9.01. The molecule has 5 rings (SSSR count). The van der Waals surface area contributed by atoms with Crippen LogP contribution in [0.3, 0.4) is 0 Å². The summed E-state index contributed by atoms with van der Waals surface area (Å²) in [6, 6.07) is 8.53. The molecule has 2 aliphatic heterocycles. The zero-order chi connectivity index (χ0) is 30.7. The van der Waals surface area contributed by atoms with E-state index in [1.165, 1.54) is 22.3 Å². The highest BCUT2D eigenvalue weighted by atomic mass is 28.4. The van der Waals surface area contributed by atoms with Gasteiger partial charge in [0.1, 0.15) is 6.10 Å². The fourth-order valence-electron chi connectivity index (χ4n) is 6.55. The molecule has 3 aliphatic rings. The Morgan fingerprint density at radius 3 is 2.24 bits per heavy atom. The second-order valence-corrected chi connectivity index (χ2v) is 20.6. The number of ether oxygens (including phenoxy) is 2. The summed E-state index contributed by atoms with van der Waals surface area (Å²) >= 11 is 0. The van der Waals surface area contributed by atoms with E-state index in [0.29, 0.717) is 13.2 Å². The molecule has 42 heavy (non-hydrogen) atoms. The van der Waals surface area contributed by atoms with E-state index in [2.05, 4.69) is 98.8 Å². The Hall–Kier alpha value is -1.83. The van der Waals surface area contributed by atoms with Crippen LogP contribution in [0.2, 0.25) is 18.1 Å². The molecule has 0 spiro atoms. The maximum absolute atomic E-state index is 12.3. The standard InChI is InChI=1S/C36H53NO4Si/c1-23(2)32-31(33(38)25-11-13-26(14-12-25)36(8)21-40-22-36)29(24-15-17-39-18-16-24)30-27(37-32)19-35(6,7)20-28(30)41-42(9,10)34(3,4)5/h11-15,23,28,33,38H,16-22H2,1-10H3/t28?,33-/m0/s1. The molecule has 1 unspecified atom stereocenters. The molecule has 0 radical (unpaired) electrons. The molecule has 1 aromatic carbocycles. The van der Waals surface area contributed by atoms with Crippen LogP contribution in [0.5, 0.6) is 0 Å². The van der Waals surface area contributed by atoms with Gasteiger partial charge in [0.15, 0.2) is 8.32 Å². The van der Waals surface area contributed by atoms with Gasteiger partial charge in [-0.05, 0) is 71.0 Å². The second-order valence-electron chi connectivity index (χ2n) is 15.8. The number of pyridine rings is 1. The fraction of sp³-hybridized carbons (Fsp3) is 0.639. The normalized spacial score (nSPS) is 22.8. The van der Waals surface area contributed by atoms with Gasteiger partial charge in [0.05, 0.1) is 32.5 Å². The summed E-state index contributed by atoms with van der Waals surface area (Å²) in [6.45, 7) is 25.7. The number of aliphatic hydroxyl groups excluding tert-OH is 1. The van der Waals surface area contributed by atoms with E-state index in [1.807, 2.05) is 0 Å². The zero-order valence-electron chi connectivity index (χ0n) is 27.7. The van der Waals surface area contributed by atoms with E-state index in [0.717, 1.165) is 55.0 Å². The summed E-state index contributed by atoms with van der Waals surface area (Å²) in [7, 11) is -2.11. The minimum Gasteiger partial charge on any atom is -0.410 e. The molecule has 1 aliphatic carbocycles. The average Bonchev–Trinajstić information content (AvgIpc) is 2.89. The summed E-state index contributed by atoms with van der Waals surface area (Å²) in [6.07, 6.45) is 4.04. The molecule has 3 heterocycles. The van der Waals surface area contributed by atoms with Gasteiger partial charge in [0.2, 0.25) is 0 Å². The van der Waals surface area contributed by atoms with E-state index in [-0.39, 0.29) is 27.9 Å². The minimum atomic E-state index is -2.11. The predicted molar refractivity (Wildman–Crippen MR) is 174 cm³/mol. The zero-order valence-corrected chi connectivity index (χ0v) is 28.7. The van der Waals surface area contributed by atoms with Crippen LogP contribution in [-0.2, 0) is 25.7 Å². The first kappa shape index (κ1) is 31.6. The Bertz CT molecular complexity index is 1330. The number of hydrogen-bond donors (Lipinski definition) is 1. The van der Waals surface area contributed by atoms with Crippen molar-refractivity contribution in [3.8, 4) is 0 Å². The maximum Gasteiger partial charge on any atom is 0.192 e. The lowest BCUT2D eigenvalue weighted by molar-refractivity contribution is -0.0500. The molecular weight excluding hydrogens is 538 g/mol. The Morgan fingerprint density at radius 2 is 1.71 bits per heavy atom. The van der Waals surface area contributed by atoms with Crippen molar-refractivity contribution in [1.29, 1.82) is 0 Å². The molecule has 2 aromatic rings. The fourth-order valence-corrected chi connectivity index (χ4v) is 7.82. The molecule has 1 N–H and O–H groups in total. The lowest BCUT2D eigenvalue weighted by Crippen LogP contribution is -2.44. The van der Waals surface area contributed by atoms with Crippen molar-refractivity contribution in [1.82, 2.24) is 4.98 Å². The third-order valence-electron chi connectivity index (χ3n) is 10.2. The van der Waals surface area contributed by atoms with Crippen LogP contribution in [0.25, 0.3) is 5.57 Å². The van der Waals surface area contributed by atoms with Crippen LogP contribution in [0.4, 0.5) is 0 Å². The van der Waals surface area contributed by atoms with Crippen molar-refractivity contribution in [2.75, 3.05) is 26.4 Å². The largest absolute Gasteiger partial charge is 0.410 e. The lowest BCUT2D eigenvalue weighted by atomic mass is 9.71. The summed E-state index contributed by atoms with van der Waals surface area (Å²) < 4.78 is 18.6. The molecule has 1 saturated heterocycles. The highest BCUT2D eigenvalue weighted by molar-refractivity contribution is 6.74. The summed E-state index contributed by atoms with van der Waals surface area (Å²) in [4.78, 5) is 5.43. The van der Waals surface area contributed by atoms with Crippen LogP contribution in [0.15, 0.2) is 30.3 Å².